The quantitative estimate of drug-likeness (QED) is 0.695. The third kappa shape index (κ3) is 5.15. The maximum absolute atomic E-state index is 12.5. The molecule has 1 aromatic carbocycles. The minimum atomic E-state index is -0.521. The number of carbonyl (C=O) groups excluding carboxylic acids is 1. The van der Waals surface area contributed by atoms with Crippen LogP contribution >= 0.6 is 27.3 Å². The second-order valence-corrected chi connectivity index (χ2v) is 8.09. The maximum Gasteiger partial charge on any atom is 0.230 e. The molecule has 0 spiro atoms. The topological polar surface area (TPSA) is 42.0 Å². The van der Waals surface area contributed by atoms with Crippen molar-refractivity contribution in [3.63, 3.8) is 0 Å². The van der Waals surface area contributed by atoms with Gasteiger partial charge in [-0.15, -0.1) is 11.3 Å². The second-order valence-electron chi connectivity index (χ2n) is 6.23. The first kappa shape index (κ1) is 18.1. The Balaban J connectivity index is 1.76. The highest BCUT2D eigenvalue weighted by atomic mass is 79.9. The van der Waals surface area contributed by atoms with E-state index >= 15 is 0 Å². The van der Waals surface area contributed by atoms with Gasteiger partial charge in [-0.1, -0.05) is 28.1 Å². The number of carbonyl (C=O) groups is 1. The SMILES string of the molecule is Cc1csc(CCCCNC(=O)C(C)(C)c2ccc(Br)cc2)n1. The zero-order valence-electron chi connectivity index (χ0n) is 13.9. The molecule has 1 heterocycles. The molecule has 0 aliphatic rings. The van der Waals surface area contributed by atoms with E-state index in [1.807, 2.05) is 45.0 Å². The van der Waals surface area contributed by atoms with Gasteiger partial charge in [0, 0.05) is 22.1 Å². The van der Waals surface area contributed by atoms with Crippen molar-refractivity contribution in [2.75, 3.05) is 6.54 Å². The predicted octanol–water partition coefficient (Wildman–Crippen LogP) is 4.63. The molecule has 0 unspecified atom stereocenters. The molecule has 1 aromatic heterocycles. The lowest BCUT2D eigenvalue weighted by atomic mass is 9.84. The number of rotatable bonds is 7. The Bertz CT molecular complexity index is 649. The summed E-state index contributed by atoms with van der Waals surface area (Å²) in [6.07, 6.45) is 3.01. The van der Waals surface area contributed by atoms with Gasteiger partial charge >= 0.3 is 0 Å². The molecule has 2 rings (SSSR count). The molecule has 1 N–H and O–H groups in total. The highest BCUT2D eigenvalue weighted by Crippen LogP contribution is 2.25. The number of halogens is 1. The first-order valence-electron chi connectivity index (χ1n) is 7.85. The van der Waals surface area contributed by atoms with Gasteiger partial charge in [0.05, 0.1) is 10.4 Å². The fourth-order valence-electron chi connectivity index (χ4n) is 2.34. The molecular weight excluding hydrogens is 372 g/mol. The van der Waals surface area contributed by atoms with E-state index in [1.165, 1.54) is 5.01 Å². The Hall–Kier alpha value is -1.20. The molecular formula is C18H23BrN2OS. The summed E-state index contributed by atoms with van der Waals surface area (Å²) in [6.45, 7) is 6.65. The second kappa shape index (κ2) is 8.06. The van der Waals surface area contributed by atoms with Gasteiger partial charge in [0.25, 0.3) is 0 Å². The molecule has 0 aliphatic heterocycles. The van der Waals surface area contributed by atoms with Crippen LogP contribution in [0.5, 0.6) is 0 Å². The van der Waals surface area contributed by atoms with Crippen molar-refractivity contribution in [3.05, 3.63) is 50.4 Å². The van der Waals surface area contributed by atoms with E-state index in [0.717, 1.165) is 35.0 Å². The number of nitrogens with one attached hydrogen (secondary N) is 1. The molecule has 0 saturated heterocycles. The van der Waals surface area contributed by atoms with E-state index in [-0.39, 0.29) is 5.91 Å². The van der Waals surface area contributed by atoms with Gasteiger partial charge in [0.2, 0.25) is 5.91 Å². The molecule has 0 saturated carbocycles. The van der Waals surface area contributed by atoms with Gasteiger partial charge in [-0.25, -0.2) is 4.98 Å². The number of hydrogen-bond donors (Lipinski definition) is 1. The van der Waals surface area contributed by atoms with Crippen LogP contribution in [0.4, 0.5) is 0 Å². The summed E-state index contributed by atoms with van der Waals surface area (Å²) >= 11 is 5.14. The number of aromatic nitrogens is 1. The van der Waals surface area contributed by atoms with Crippen molar-refractivity contribution >= 4 is 33.2 Å². The molecule has 0 radical (unpaired) electrons. The molecule has 3 nitrogen and oxygen atoms in total. The van der Waals surface area contributed by atoms with Crippen LogP contribution < -0.4 is 5.32 Å². The van der Waals surface area contributed by atoms with Crippen LogP contribution in [0.15, 0.2) is 34.1 Å². The van der Waals surface area contributed by atoms with E-state index in [2.05, 4.69) is 31.6 Å². The molecule has 2 aromatic rings. The molecule has 0 aliphatic carbocycles. The van der Waals surface area contributed by atoms with Crippen molar-refractivity contribution in [1.29, 1.82) is 0 Å². The van der Waals surface area contributed by atoms with E-state index in [9.17, 15) is 4.79 Å². The van der Waals surface area contributed by atoms with Crippen molar-refractivity contribution < 1.29 is 4.79 Å². The molecule has 5 heteroatoms. The average Bonchev–Trinajstić information content (AvgIpc) is 2.92. The van der Waals surface area contributed by atoms with Crippen molar-refractivity contribution in [2.45, 2.75) is 45.4 Å². The van der Waals surface area contributed by atoms with Crippen LogP contribution in [-0.2, 0) is 16.6 Å². The molecule has 1 amide bonds. The minimum Gasteiger partial charge on any atom is -0.355 e. The number of thiazole rings is 1. The summed E-state index contributed by atoms with van der Waals surface area (Å²) in [5.41, 5.74) is 1.60. The van der Waals surface area contributed by atoms with Gasteiger partial charge in [0.15, 0.2) is 0 Å². The molecule has 0 bridgehead atoms. The summed E-state index contributed by atoms with van der Waals surface area (Å²) in [5.74, 6) is 0.0740. The average molecular weight is 395 g/mol. The minimum absolute atomic E-state index is 0.0740. The fourth-order valence-corrected chi connectivity index (χ4v) is 3.42. The van der Waals surface area contributed by atoms with Crippen LogP contribution in [0, 0.1) is 6.92 Å². The monoisotopic (exact) mass is 394 g/mol. The zero-order valence-corrected chi connectivity index (χ0v) is 16.3. The Morgan fingerprint density at radius 2 is 1.96 bits per heavy atom. The molecule has 124 valence electrons. The predicted molar refractivity (Wildman–Crippen MR) is 100.0 cm³/mol. The first-order chi connectivity index (χ1) is 10.9. The standard InChI is InChI=1S/C18H23BrN2OS/c1-13-12-23-16(21-13)6-4-5-11-20-17(22)18(2,3)14-7-9-15(19)10-8-14/h7-10,12H,4-6,11H2,1-3H3,(H,20,22). The largest absolute Gasteiger partial charge is 0.355 e. The van der Waals surface area contributed by atoms with Gasteiger partial charge in [-0.3, -0.25) is 4.79 Å². The third-order valence-corrected chi connectivity index (χ3v) is 5.46. The summed E-state index contributed by atoms with van der Waals surface area (Å²) in [4.78, 5) is 16.9. The fraction of sp³-hybridized carbons (Fsp3) is 0.444. The number of benzene rings is 1. The number of amides is 1. The van der Waals surface area contributed by atoms with E-state index < -0.39 is 5.41 Å². The van der Waals surface area contributed by atoms with Gasteiger partial charge < -0.3 is 5.32 Å². The van der Waals surface area contributed by atoms with Crippen LogP contribution in [0.1, 0.15) is 43.0 Å². The lowest BCUT2D eigenvalue weighted by Crippen LogP contribution is -2.40. The summed E-state index contributed by atoms with van der Waals surface area (Å²) in [5, 5.41) is 6.33. The number of hydrogen-bond acceptors (Lipinski definition) is 3. The Kier molecular flexibility index (Phi) is 6.36. The Labute approximate surface area is 150 Å². The highest BCUT2D eigenvalue weighted by molar-refractivity contribution is 9.10. The maximum atomic E-state index is 12.5. The Morgan fingerprint density at radius 3 is 2.57 bits per heavy atom. The zero-order chi connectivity index (χ0) is 16.9. The van der Waals surface area contributed by atoms with Crippen molar-refractivity contribution in [3.8, 4) is 0 Å². The molecule has 23 heavy (non-hydrogen) atoms. The summed E-state index contributed by atoms with van der Waals surface area (Å²) in [6, 6.07) is 7.93. The normalized spacial score (nSPS) is 11.5. The number of nitrogens with zero attached hydrogens (tertiary/aromatic N) is 1. The number of unbranched alkanes of at least 4 members (excludes halogenated alkanes) is 1. The highest BCUT2D eigenvalue weighted by Gasteiger charge is 2.29. The van der Waals surface area contributed by atoms with Crippen LogP contribution in [0.25, 0.3) is 0 Å². The summed E-state index contributed by atoms with van der Waals surface area (Å²) < 4.78 is 1.02. The van der Waals surface area contributed by atoms with Crippen LogP contribution in [0.2, 0.25) is 0 Å². The lowest BCUT2D eigenvalue weighted by molar-refractivity contribution is -0.125. The van der Waals surface area contributed by atoms with E-state index in [0.29, 0.717) is 6.54 Å². The number of aryl methyl sites for hydroxylation is 2. The van der Waals surface area contributed by atoms with Gasteiger partial charge in [-0.05, 0) is 57.7 Å². The molecule has 0 atom stereocenters. The van der Waals surface area contributed by atoms with Gasteiger partial charge in [-0.2, -0.15) is 0 Å². The van der Waals surface area contributed by atoms with Crippen molar-refractivity contribution in [1.82, 2.24) is 10.3 Å². The van der Waals surface area contributed by atoms with Gasteiger partial charge in [0.1, 0.15) is 0 Å². The van der Waals surface area contributed by atoms with Crippen LogP contribution in [0.3, 0.4) is 0 Å². The third-order valence-electron chi connectivity index (χ3n) is 3.90. The van der Waals surface area contributed by atoms with E-state index in [1.54, 1.807) is 11.3 Å². The Morgan fingerprint density at radius 1 is 1.26 bits per heavy atom. The molecule has 0 fully saturated rings. The summed E-state index contributed by atoms with van der Waals surface area (Å²) in [7, 11) is 0. The first-order valence-corrected chi connectivity index (χ1v) is 9.52. The van der Waals surface area contributed by atoms with Crippen LogP contribution in [-0.4, -0.2) is 17.4 Å². The lowest BCUT2D eigenvalue weighted by Gasteiger charge is -2.24. The van der Waals surface area contributed by atoms with E-state index in [4.69, 9.17) is 0 Å². The smallest absolute Gasteiger partial charge is 0.230 e. The van der Waals surface area contributed by atoms with Crippen molar-refractivity contribution in [2.24, 2.45) is 0 Å².